The Morgan fingerprint density at radius 2 is 2.12 bits per heavy atom. The van der Waals surface area contributed by atoms with E-state index in [0.29, 0.717) is 17.7 Å². The Morgan fingerprint density at radius 3 is 2.83 bits per heavy atom. The fourth-order valence-corrected chi connectivity index (χ4v) is 3.18. The molecule has 1 aliphatic rings. The van der Waals surface area contributed by atoms with Crippen molar-refractivity contribution in [3.8, 4) is 5.75 Å². The van der Waals surface area contributed by atoms with Crippen LogP contribution in [0.1, 0.15) is 19.3 Å². The quantitative estimate of drug-likeness (QED) is 0.792. The number of halogens is 2. The molecule has 1 unspecified atom stereocenters. The molecule has 24 heavy (non-hydrogen) atoms. The van der Waals surface area contributed by atoms with Crippen LogP contribution in [-0.4, -0.2) is 66.8 Å². The van der Waals surface area contributed by atoms with Gasteiger partial charge in [0.1, 0.15) is 12.4 Å². The van der Waals surface area contributed by atoms with Crippen LogP contribution < -0.4 is 4.74 Å². The maximum absolute atomic E-state index is 10.8. The number of likely N-dealkylation sites (N-methyl/N-ethyl adjacent to an activating group) is 1. The van der Waals surface area contributed by atoms with E-state index in [2.05, 4.69) is 4.90 Å². The van der Waals surface area contributed by atoms with E-state index in [-0.39, 0.29) is 19.0 Å². The summed E-state index contributed by atoms with van der Waals surface area (Å²) in [6, 6.07) is 7.85. The molecule has 0 aromatic heterocycles. The van der Waals surface area contributed by atoms with Crippen molar-refractivity contribution in [3.63, 3.8) is 0 Å². The Hall–Kier alpha value is -1.01. The molecule has 136 valence electrons. The lowest BCUT2D eigenvalue weighted by Gasteiger charge is -2.25. The number of hydrogen-bond donors (Lipinski definition) is 1. The van der Waals surface area contributed by atoms with Gasteiger partial charge in [0.05, 0.1) is 11.6 Å². The molecule has 0 spiro atoms. The number of carboxylic acid groups (broad SMARTS) is 1. The van der Waals surface area contributed by atoms with Crippen LogP contribution in [0.3, 0.4) is 0 Å². The Labute approximate surface area is 154 Å². The van der Waals surface area contributed by atoms with Gasteiger partial charge in [-0.1, -0.05) is 23.7 Å². The van der Waals surface area contributed by atoms with Gasteiger partial charge < -0.3 is 9.84 Å². The minimum Gasteiger partial charge on any atom is -0.491 e. The molecule has 2 rings (SSSR count). The molecular weight excluding hydrogens is 351 g/mol. The molecule has 0 bridgehead atoms. The number of hydrogen-bond acceptors (Lipinski definition) is 4. The molecular formula is C17H26Cl2N2O3. The van der Waals surface area contributed by atoms with E-state index in [1.165, 1.54) is 0 Å². The standard InChI is InChI=1S/C17H25ClN2O3.ClH/c1-19(13-17(21)22)14-5-4-9-20(10-8-14)11-12-23-16-7-3-2-6-15(16)18;/h2-3,6-7,14H,4-5,8-13H2,1H3,(H,21,22);1H. The van der Waals surface area contributed by atoms with Gasteiger partial charge in [0.2, 0.25) is 0 Å². The van der Waals surface area contributed by atoms with E-state index >= 15 is 0 Å². The lowest BCUT2D eigenvalue weighted by molar-refractivity contribution is -0.138. The highest BCUT2D eigenvalue weighted by molar-refractivity contribution is 6.32. The van der Waals surface area contributed by atoms with Crippen molar-refractivity contribution in [2.24, 2.45) is 0 Å². The molecule has 1 atom stereocenters. The first kappa shape index (κ1) is 21.0. The molecule has 0 amide bonds. The zero-order chi connectivity index (χ0) is 16.7. The number of carbonyl (C=O) groups is 1. The highest BCUT2D eigenvalue weighted by Gasteiger charge is 2.21. The van der Waals surface area contributed by atoms with Gasteiger partial charge in [0.15, 0.2) is 0 Å². The van der Waals surface area contributed by atoms with Gasteiger partial charge in [-0.25, -0.2) is 0 Å². The van der Waals surface area contributed by atoms with Gasteiger partial charge in [0, 0.05) is 12.6 Å². The molecule has 1 aliphatic heterocycles. The lowest BCUT2D eigenvalue weighted by Crippen LogP contribution is -2.37. The van der Waals surface area contributed by atoms with Gasteiger partial charge in [-0.3, -0.25) is 14.6 Å². The number of aliphatic carboxylic acids is 1. The third kappa shape index (κ3) is 6.85. The second-order valence-corrected chi connectivity index (χ2v) is 6.42. The third-order valence-corrected chi connectivity index (χ3v) is 4.61. The van der Waals surface area contributed by atoms with Crippen molar-refractivity contribution < 1.29 is 14.6 Å². The van der Waals surface area contributed by atoms with Gasteiger partial charge >= 0.3 is 5.97 Å². The van der Waals surface area contributed by atoms with E-state index in [0.717, 1.165) is 44.6 Å². The number of rotatable bonds is 7. The normalized spacial score (nSPS) is 18.7. The second kappa shape index (κ2) is 10.8. The summed E-state index contributed by atoms with van der Waals surface area (Å²) in [5, 5.41) is 9.54. The molecule has 0 aliphatic carbocycles. The minimum atomic E-state index is -0.762. The Bertz CT molecular complexity index is 516. The summed E-state index contributed by atoms with van der Waals surface area (Å²) in [6.45, 7) is 3.59. The van der Waals surface area contributed by atoms with Crippen LogP contribution in [0.25, 0.3) is 0 Å². The van der Waals surface area contributed by atoms with Crippen molar-refractivity contribution in [1.82, 2.24) is 9.80 Å². The van der Waals surface area contributed by atoms with E-state index in [1.807, 2.05) is 36.2 Å². The van der Waals surface area contributed by atoms with Crippen molar-refractivity contribution in [3.05, 3.63) is 29.3 Å². The summed E-state index contributed by atoms with van der Waals surface area (Å²) >= 11 is 6.08. The summed E-state index contributed by atoms with van der Waals surface area (Å²) in [4.78, 5) is 15.2. The number of para-hydroxylation sites is 1. The van der Waals surface area contributed by atoms with E-state index in [9.17, 15) is 4.79 Å². The Morgan fingerprint density at radius 1 is 1.38 bits per heavy atom. The molecule has 0 radical (unpaired) electrons. The van der Waals surface area contributed by atoms with Crippen LogP contribution in [0.5, 0.6) is 5.75 Å². The smallest absolute Gasteiger partial charge is 0.317 e. The molecule has 1 N–H and O–H groups in total. The molecule has 1 fully saturated rings. The SMILES string of the molecule is CN(CC(=O)O)C1CCCN(CCOc2ccccc2Cl)CC1.Cl. The first-order chi connectivity index (χ1) is 11.1. The Kier molecular flexibility index (Phi) is 9.44. The maximum atomic E-state index is 10.8. The minimum absolute atomic E-state index is 0. The predicted octanol–water partition coefficient (Wildman–Crippen LogP) is 3.01. The summed E-state index contributed by atoms with van der Waals surface area (Å²) in [6.07, 6.45) is 3.13. The lowest BCUT2D eigenvalue weighted by atomic mass is 10.1. The van der Waals surface area contributed by atoms with Crippen LogP contribution in [0.4, 0.5) is 0 Å². The molecule has 0 saturated carbocycles. The van der Waals surface area contributed by atoms with E-state index in [1.54, 1.807) is 0 Å². The van der Waals surface area contributed by atoms with E-state index in [4.69, 9.17) is 21.4 Å². The first-order valence-corrected chi connectivity index (χ1v) is 8.46. The summed E-state index contributed by atoms with van der Waals surface area (Å²) in [5.41, 5.74) is 0. The third-order valence-electron chi connectivity index (χ3n) is 4.30. The van der Waals surface area contributed by atoms with Gasteiger partial charge in [0.25, 0.3) is 0 Å². The zero-order valence-electron chi connectivity index (χ0n) is 14.0. The number of nitrogens with zero attached hydrogens (tertiary/aromatic N) is 2. The first-order valence-electron chi connectivity index (χ1n) is 8.08. The van der Waals surface area contributed by atoms with Crippen LogP contribution in [0.15, 0.2) is 24.3 Å². The molecule has 1 aromatic rings. The van der Waals surface area contributed by atoms with Crippen LogP contribution in [-0.2, 0) is 4.79 Å². The predicted molar refractivity (Wildman–Crippen MR) is 98.5 cm³/mol. The molecule has 1 heterocycles. The van der Waals surface area contributed by atoms with Crippen molar-refractivity contribution >= 4 is 30.0 Å². The second-order valence-electron chi connectivity index (χ2n) is 6.01. The zero-order valence-corrected chi connectivity index (χ0v) is 15.6. The fourth-order valence-electron chi connectivity index (χ4n) is 2.99. The number of benzene rings is 1. The maximum Gasteiger partial charge on any atom is 0.317 e. The Balaban J connectivity index is 0.00000288. The topological polar surface area (TPSA) is 53.0 Å². The molecule has 7 heteroatoms. The highest BCUT2D eigenvalue weighted by atomic mass is 35.5. The fraction of sp³-hybridized carbons (Fsp3) is 0.588. The number of carboxylic acids is 1. The summed E-state index contributed by atoms with van der Waals surface area (Å²) in [7, 11) is 1.90. The van der Waals surface area contributed by atoms with Gasteiger partial charge in [-0.15, -0.1) is 12.4 Å². The summed E-state index contributed by atoms with van der Waals surface area (Å²) in [5.74, 6) is -0.0372. The largest absolute Gasteiger partial charge is 0.491 e. The monoisotopic (exact) mass is 376 g/mol. The summed E-state index contributed by atoms with van der Waals surface area (Å²) < 4.78 is 5.75. The molecule has 1 aromatic carbocycles. The number of likely N-dealkylation sites (tertiary alicyclic amines) is 1. The van der Waals surface area contributed by atoms with Crippen LogP contribution in [0, 0.1) is 0 Å². The van der Waals surface area contributed by atoms with Crippen molar-refractivity contribution in [1.29, 1.82) is 0 Å². The van der Waals surface area contributed by atoms with Gasteiger partial charge in [-0.05, 0) is 51.5 Å². The molecule has 5 nitrogen and oxygen atoms in total. The molecule has 1 saturated heterocycles. The average molecular weight is 377 g/mol. The van der Waals surface area contributed by atoms with Crippen LogP contribution >= 0.6 is 24.0 Å². The van der Waals surface area contributed by atoms with E-state index < -0.39 is 5.97 Å². The van der Waals surface area contributed by atoms with Crippen molar-refractivity contribution in [2.45, 2.75) is 25.3 Å². The van der Waals surface area contributed by atoms with Crippen molar-refractivity contribution in [2.75, 3.05) is 39.8 Å². The highest BCUT2D eigenvalue weighted by Crippen LogP contribution is 2.23. The number of ether oxygens (including phenoxy) is 1. The van der Waals surface area contributed by atoms with Gasteiger partial charge in [-0.2, -0.15) is 0 Å². The average Bonchev–Trinajstić information content (AvgIpc) is 2.74. The van der Waals surface area contributed by atoms with Crippen LogP contribution in [0.2, 0.25) is 5.02 Å².